The molecule has 15 heteroatoms. The number of benzene rings is 3. The Hall–Kier alpha value is -3.85. The average Bonchev–Trinajstić information content (AvgIpc) is 3.44. The zero-order valence-corrected chi connectivity index (χ0v) is 31.9. The number of halogens is 4. The number of hydrogen-bond donors (Lipinski definition) is 2. The Morgan fingerprint density at radius 1 is 0.800 bits per heavy atom. The van der Waals surface area contributed by atoms with Crippen LogP contribution in [0.1, 0.15) is 70.6 Å². The van der Waals surface area contributed by atoms with Crippen molar-refractivity contribution in [3.63, 3.8) is 0 Å². The third-order valence-corrected chi connectivity index (χ3v) is 13.2. The van der Waals surface area contributed by atoms with Gasteiger partial charge in [-0.15, -0.1) is 0 Å². The first-order valence-corrected chi connectivity index (χ1v) is 20.7. The van der Waals surface area contributed by atoms with Crippen LogP contribution in [0.2, 0.25) is 5.02 Å². The predicted octanol–water partition coefficient (Wildman–Crippen LogP) is 7.68. The topological polar surface area (TPSA) is 139 Å². The van der Waals surface area contributed by atoms with Crippen LogP contribution >= 0.6 is 11.6 Å². The summed E-state index contributed by atoms with van der Waals surface area (Å²) in [6.45, 7) is 0.844. The minimum Gasteiger partial charge on any atom is -0.493 e. The molecule has 3 heterocycles. The maximum Gasteiger partial charge on any atom is 0.490 e. The number of nitrogens with two attached hydrogens (primary N) is 1. The van der Waals surface area contributed by atoms with Gasteiger partial charge in [0.25, 0.3) is 0 Å². The number of amides is 1. The lowest BCUT2D eigenvalue weighted by atomic mass is 9.90. The standard InChI is InChI=1S/C38H46ClN3O5S.C2HF3O2/c39-29-10-6-27(7-11-29)28-8-14-34(15-9-28)47-35-20-21-41(37(24-35)38(43)42-31-12-13-32(42)23-30(40)22-31)48(44,45)36-18-16-33(17-19-36)46-25-26-4-2-1-3-5-26;3-2(4,5)1(6)7/h6-11,14-19,26,30-32,35,37H,1-5,12-13,20-25,40H2;(H,6,7)/t30?,31?,32?,35-,37-;/m0./s1. The van der Waals surface area contributed by atoms with E-state index >= 15 is 0 Å². The molecule has 3 saturated heterocycles. The molecule has 55 heavy (non-hydrogen) atoms. The van der Waals surface area contributed by atoms with E-state index in [1.165, 1.54) is 36.4 Å². The second-order valence-electron chi connectivity index (χ2n) is 14.9. The summed E-state index contributed by atoms with van der Waals surface area (Å²) in [7, 11) is -3.97. The van der Waals surface area contributed by atoms with E-state index in [0.29, 0.717) is 35.5 Å². The maximum absolute atomic E-state index is 14.4. The molecule has 10 nitrogen and oxygen atoms in total. The van der Waals surface area contributed by atoms with Gasteiger partial charge >= 0.3 is 12.1 Å². The Morgan fingerprint density at radius 3 is 1.91 bits per heavy atom. The van der Waals surface area contributed by atoms with E-state index in [0.717, 1.165) is 36.8 Å². The minimum absolute atomic E-state index is 0.0538. The summed E-state index contributed by atoms with van der Waals surface area (Å²) in [4.78, 5) is 25.4. The van der Waals surface area contributed by atoms with Gasteiger partial charge in [0, 0.05) is 36.1 Å². The summed E-state index contributed by atoms with van der Waals surface area (Å²) in [5.41, 5.74) is 8.42. The van der Waals surface area contributed by atoms with Crippen LogP contribution in [-0.2, 0) is 19.6 Å². The summed E-state index contributed by atoms with van der Waals surface area (Å²) in [5, 5.41) is 7.81. The smallest absolute Gasteiger partial charge is 0.490 e. The second kappa shape index (κ2) is 17.5. The van der Waals surface area contributed by atoms with Crippen molar-refractivity contribution in [2.45, 2.75) is 112 Å². The molecule has 4 fully saturated rings. The van der Waals surface area contributed by atoms with E-state index in [2.05, 4.69) is 0 Å². The fraction of sp³-hybridized carbons (Fsp3) is 0.500. The van der Waals surface area contributed by atoms with Crippen molar-refractivity contribution in [1.82, 2.24) is 9.21 Å². The SMILES string of the molecule is NC1CC2CCC(C1)N2C(=O)[C@@H]1C[C@@H](Oc2ccc(-c3ccc(Cl)cc3)cc2)CCN1S(=O)(=O)c1ccc(OCC2CCCCC2)cc1.O=C(O)C(F)(F)F. The molecule has 0 radical (unpaired) electrons. The van der Waals surface area contributed by atoms with Crippen LogP contribution < -0.4 is 15.2 Å². The van der Waals surface area contributed by atoms with Crippen molar-refractivity contribution in [3.8, 4) is 22.6 Å². The highest BCUT2D eigenvalue weighted by atomic mass is 35.5. The molecule has 1 saturated carbocycles. The highest BCUT2D eigenvalue weighted by molar-refractivity contribution is 7.89. The molecule has 4 aliphatic rings. The Labute approximate surface area is 324 Å². The van der Waals surface area contributed by atoms with Crippen molar-refractivity contribution in [2.24, 2.45) is 11.7 Å². The quantitative estimate of drug-likeness (QED) is 0.225. The second-order valence-corrected chi connectivity index (χ2v) is 17.2. The van der Waals surface area contributed by atoms with Crippen LogP contribution in [0.5, 0.6) is 11.5 Å². The van der Waals surface area contributed by atoms with Crippen LogP contribution in [0.15, 0.2) is 77.7 Å². The van der Waals surface area contributed by atoms with Crippen LogP contribution in [0.4, 0.5) is 13.2 Å². The molecule has 1 amide bonds. The molecule has 2 bridgehead atoms. The van der Waals surface area contributed by atoms with Gasteiger partial charge in [0.1, 0.15) is 23.6 Å². The van der Waals surface area contributed by atoms with Gasteiger partial charge in [-0.3, -0.25) is 4.79 Å². The third kappa shape index (κ3) is 10.1. The number of ether oxygens (including phenoxy) is 2. The van der Waals surface area contributed by atoms with Crippen LogP contribution in [0.25, 0.3) is 11.1 Å². The van der Waals surface area contributed by atoms with Crippen molar-refractivity contribution in [1.29, 1.82) is 0 Å². The molecule has 2 unspecified atom stereocenters. The van der Waals surface area contributed by atoms with E-state index in [1.54, 1.807) is 24.3 Å². The van der Waals surface area contributed by atoms with Gasteiger partial charge in [0.15, 0.2) is 0 Å². The van der Waals surface area contributed by atoms with Gasteiger partial charge < -0.3 is 25.2 Å². The Bertz CT molecular complexity index is 1860. The number of carbonyl (C=O) groups excluding carboxylic acids is 1. The van der Waals surface area contributed by atoms with E-state index in [1.807, 2.05) is 53.4 Å². The van der Waals surface area contributed by atoms with Gasteiger partial charge in [-0.25, -0.2) is 13.2 Å². The highest BCUT2D eigenvalue weighted by Gasteiger charge is 2.49. The molecule has 298 valence electrons. The largest absolute Gasteiger partial charge is 0.493 e. The van der Waals surface area contributed by atoms with Gasteiger partial charge in [-0.1, -0.05) is 55.1 Å². The first-order chi connectivity index (χ1) is 26.2. The van der Waals surface area contributed by atoms with E-state index in [4.69, 9.17) is 36.7 Å². The third-order valence-electron chi connectivity index (χ3n) is 11.0. The number of rotatable bonds is 9. The number of carboxylic acid groups (broad SMARTS) is 1. The zero-order valence-electron chi connectivity index (χ0n) is 30.4. The van der Waals surface area contributed by atoms with E-state index < -0.39 is 28.2 Å². The fourth-order valence-electron chi connectivity index (χ4n) is 8.25. The molecule has 0 spiro atoms. The summed E-state index contributed by atoms with van der Waals surface area (Å²) >= 11 is 6.06. The van der Waals surface area contributed by atoms with Gasteiger partial charge in [0.2, 0.25) is 15.9 Å². The van der Waals surface area contributed by atoms with Crippen molar-refractivity contribution >= 4 is 33.5 Å². The summed E-state index contributed by atoms with van der Waals surface area (Å²) in [6.07, 6.45) is 4.83. The molecule has 1 aliphatic carbocycles. The average molecular weight is 806 g/mol. The van der Waals surface area contributed by atoms with Gasteiger partial charge in [-0.2, -0.15) is 17.5 Å². The number of alkyl halides is 3. The first-order valence-electron chi connectivity index (χ1n) is 18.8. The van der Waals surface area contributed by atoms with Crippen LogP contribution in [-0.4, -0.2) is 84.2 Å². The number of aliphatic carboxylic acids is 1. The zero-order chi connectivity index (χ0) is 39.3. The Morgan fingerprint density at radius 2 is 1.35 bits per heavy atom. The molecule has 3 aliphatic heterocycles. The number of carboxylic acids is 1. The number of piperidine rings is 2. The number of hydrogen-bond acceptors (Lipinski definition) is 7. The predicted molar refractivity (Wildman–Crippen MR) is 201 cm³/mol. The molecule has 4 atom stereocenters. The molecule has 3 aromatic rings. The lowest BCUT2D eigenvalue weighted by molar-refractivity contribution is -0.192. The van der Waals surface area contributed by atoms with E-state index in [9.17, 15) is 26.4 Å². The summed E-state index contributed by atoms with van der Waals surface area (Å²) in [6, 6.07) is 21.5. The number of carbonyl (C=O) groups is 2. The van der Waals surface area contributed by atoms with Crippen molar-refractivity contribution in [3.05, 3.63) is 77.8 Å². The van der Waals surface area contributed by atoms with Gasteiger partial charge in [0.05, 0.1) is 11.5 Å². The fourth-order valence-corrected chi connectivity index (χ4v) is 9.99. The monoisotopic (exact) mass is 805 g/mol. The molecular formula is C40H47ClF3N3O7S. The van der Waals surface area contributed by atoms with Crippen LogP contribution in [0, 0.1) is 5.92 Å². The molecule has 7 rings (SSSR count). The van der Waals surface area contributed by atoms with E-state index in [-0.39, 0.29) is 48.0 Å². The lowest BCUT2D eigenvalue weighted by Gasteiger charge is -2.44. The highest BCUT2D eigenvalue weighted by Crippen LogP contribution is 2.39. The maximum atomic E-state index is 14.4. The molecule has 0 aromatic heterocycles. The minimum atomic E-state index is -5.08. The Balaban J connectivity index is 0.000000672. The normalized spacial score (nSPS) is 24.7. The molecular weight excluding hydrogens is 759 g/mol. The first kappa shape index (κ1) is 40.8. The van der Waals surface area contributed by atoms with Crippen molar-refractivity contribution < 1.29 is 45.8 Å². The number of sulfonamides is 1. The van der Waals surface area contributed by atoms with Crippen LogP contribution in [0.3, 0.4) is 0 Å². The lowest BCUT2D eigenvalue weighted by Crippen LogP contribution is -2.60. The number of nitrogens with zero attached hydrogens (tertiary/aromatic N) is 2. The van der Waals surface area contributed by atoms with Gasteiger partial charge in [-0.05, 0) is 111 Å². The van der Waals surface area contributed by atoms with Crippen molar-refractivity contribution in [2.75, 3.05) is 13.2 Å². The Kier molecular flexibility index (Phi) is 13.0. The summed E-state index contributed by atoms with van der Waals surface area (Å²) in [5.74, 6) is -0.974. The number of fused-ring (bicyclic) bond motifs is 2. The molecule has 3 aromatic carbocycles. The summed E-state index contributed by atoms with van der Waals surface area (Å²) < 4.78 is 74.1. The molecule has 3 N–H and O–H groups in total.